The zero-order valence-electron chi connectivity index (χ0n) is 18.5. The summed E-state index contributed by atoms with van der Waals surface area (Å²) in [5, 5.41) is 4.77. The van der Waals surface area contributed by atoms with E-state index in [-0.39, 0.29) is 11.4 Å². The van der Waals surface area contributed by atoms with Gasteiger partial charge in [0.1, 0.15) is 5.54 Å². The number of carbonyl (C=O) groups excluding carboxylic acids is 1. The standard InChI is InChI=1S/C24H34N4O/c1-17(2)28-20(5)22(19(4)25-28)16-26-14-6-12-24(26)13-7-15-27(23(24)29)21-10-8-18(3)9-11-21/h8-11,17H,6-7,12-16H2,1-5H3. The van der Waals surface area contributed by atoms with Crippen molar-refractivity contribution in [3.8, 4) is 0 Å². The maximum atomic E-state index is 13.8. The van der Waals surface area contributed by atoms with Crippen molar-refractivity contribution in [1.29, 1.82) is 0 Å². The third-order valence-electron chi connectivity index (χ3n) is 6.90. The summed E-state index contributed by atoms with van der Waals surface area (Å²) in [5.41, 5.74) is 5.52. The number of aromatic nitrogens is 2. The summed E-state index contributed by atoms with van der Waals surface area (Å²) < 4.78 is 2.12. The number of carbonyl (C=O) groups is 1. The van der Waals surface area contributed by atoms with Gasteiger partial charge in [0.15, 0.2) is 0 Å². The van der Waals surface area contributed by atoms with Crippen molar-refractivity contribution >= 4 is 11.6 Å². The molecule has 1 aromatic carbocycles. The highest BCUT2D eigenvalue weighted by Crippen LogP contribution is 2.41. The van der Waals surface area contributed by atoms with Crippen molar-refractivity contribution in [1.82, 2.24) is 14.7 Å². The smallest absolute Gasteiger partial charge is 0.247 e. The molecule has 156 valence electrons. The summed E-state index contributed by atoms with van der Waals surface area (Å²) in [6.45, 7) is 13.3. The van der Waals surface area contributed by atoms with Crippen LogP contribution in [-0.4, -0.2) is 39.2 Å². The number of piperidine rings is 1. The minimum atomic E-state index is -0.359. The van der Waals surface area contributed by atoms with E-state index in [9.17, 15) is 4.79 Å². The first-order valence-electron chi connectivity index (χ1n) is 11.0. The van der Waals surface area contributed by atoms with Gasteiger partial charge in [-0.05, 0) is 79.0 Å². The lowest BCUT2D eigenvalue weighted by Gasteiger charge is -2.44. The van der Waals surface area contributed by atoms with E-state index < -0.39 is 0 Å². The average molecular weight is 395 g/mol. The Kier molecular flexibility index (Phi) is 5.28. The minimum Gasteiger partial charge on any atom is -0.311 e. The van der Waals surface area contributed by atoms with Crippen LogP contribution >= 0.6 is 0 Å². The molecule has 4 rings (SSSR count). The Morgan fingerprint density at radius 3 is 2.31 bits per heavy atom. The molecule has 2 fully saturated rings. The molecule has 1 unspecified atom stereocenters. The zero-order valence-corrected chi connectivity index (χ0v) is 18.5. The maximum Gasteiger partial charge on any atom is 0.247 e. The van der Waals surface area contributed by atoms with Crippen LogP contribution in [0.1, 0.15) is 68.1 Å². The summed E-state index contributed by atoms with van der Waals surface area (Å²) in [7, 11) is 0. The van der Waals surface area contributed by atoms with Crippen LogP contribution in [0.2, 0.25) is 0 Å². The normalized spacial score (nSPS) is 23.0. The predicted octanol–water partition coefficient (Wildman–Crippen LogP) is 4.55. The molecule has 2 aliphatic rings. The third-order valence-corrected chi connectivity index (χ3v) is 6.90. The number of hydrogen-bond acceptors (Lipinski definition) is 3. The summed E-state index contributed by atoms with van der Waals surface area (Å²) in [6.07, 6.45) is 4.07. The molecule has 0 saturated carbocycles. The number of aryl methyl sites for hydroxylation is 2. The molecule has 5 heteroatoms. The number of nitrogens with zero attached hydrogens (tertiary/aromatic N) is 4. The molecular formula is C24H34N4O. The van der Waals surface area contributed by atoms with E-state index in [0.717, 1.165) is 56.7 Å². The van der Waals surface area contributed by atoms with E-state index in [4.69, 9.17) is 5.10 Å². The average Bonchev–Trinajstić information content (AvgIpc) is 3.21. The molecule has 0 bridgehead atoms. The van der Waals surface area contributed by atoms with Crippen LogP contribution in [-0.2, 0) is 11.3 Å². The summed E-state index contributed by atoms with van der Waals surface area (Å²) in [5.74, 6) is 0.289. The second kappa shape index (κ2) is 7.60. The molecule has 0 aliphatic carbocycles. The molecule has 1 atom stereocenters. The molecule has 2 saturated heterocycles. The summed E-state index contributed by atoms with van der Waals surface area (Å²) in [6, 6.07) is 8.73. The predicted molar refractivity (Wildman–Crippen MR) is 117 cm³/mol. The van der Waals surface area contributed by atoms with Gasteiger partial charge in [-0.2, -0.15) is 5.10 Å². The molecule has 1 aromatic heterocycles. The van der Waals surface area contributed by atoms with Crippen LogP contribution < -0.4 is 4.90 Å². The zero-order chi connectivity index (χ0) is 20.8. The topological polar surface area (TPSA) is 41.4 Å². The number of rotatable bonds is 4. The Morgan fingerprint density at radius 1 is 1.03 bits per heavy atom. The monoisotopic (exact) mass is 394 g/mol. The highest BCUT2D eigenvalue weighted by atomic mass is 16.2. The Balaban J connectivity index is 1.63. The lowest BCUT2D eigenvalue weighted by molar-refractivity contribution is -0.131. The van der Waals surface area contributed by atoms with E-state index in [1.807, 2.05) is 4.90 Å². The van der Waals surface area contributed by atoms with Gasteiger partial charge in [0, 0.05) is 36.1 Å². The van der Waals surface area contributed by atoms with Crippen molar-refractivity contribution in [3.05, 3.63) is 46.8 Å². The summed E-state index contributed by atoms with van der Waals surface area (Å²) >= 11 is 0. The Bertz CT molecular complexity index is 898. The van der Waals surface area contributed by atoms with E-state index in [2.05, 4.69) is 68.5 Å². The molecule has 1 amide bonds. The van der Waals surface area contributed by atoms with Crippen molar-refractivity contribution in [3.63, 3.8) is 0 Å². The first-order valence-corrected chi connectivity index (χ1v) is 11.0. The second-order valence-corrected chi connectivity index (χ2v) is 9.14. The number of benzene rings is 1. The van der Waals surface area contributed by atoms with Crippen molar-refractivity contribution in [2.45, 2.75) is 78.4 Å². The fourth-order valence-corrected chi connectivity index (χ4v) is 5.27. The molecule has 2 aromatic rings. The number of hydrogen-bond donors (Lipinski definition) is 0. The van der Waals surface area contributed by atoms with Crippen molar-refractivity contribution < 1.29 is 4.79 Å². The van der Waals surface area contributed by atoms with Crippen LogP contribution in [0.3, 0.4) is 0 Å². The molecule has 3 heterocycles. The van der Waals surface area contributed by atoms with Gasteiger partial charge < -0.3 is 4.90 Å². The first kappa shape index (κ1) is 20.1. The second-order valence-electron chi connectivity index (χ2n) is 9.14. The fourth-order valence-electron chi connectivity index (χ4n) is 5.27. The lowest BCUT2D eigenvalue weighted by atomic mass is 9.84. The van der Waals surface area contributed by atoms with Crippen LogP contribution in [0.25, 0.3) is 0 Å². The highest BCUT2D eigenvalue weighted by Gasteiger charge is 2.51. The number of likely N-dealkylation sites (tertiary alicyclic amines) is 1. The van der Waals surface area contributed by atoms with Crippen LogP contribution in [0.4, 0.5) is 5.69 Å². The van der Waals surface area contributed by atoms with Gasteiger partial charge in [-0.15, -0.1) is 0 Å². The van der Waals surface area contributed by atoms with E-state index >= 15 is 0 Å². The van der Waals surface area contributed by atoms with Crippen LogP contribution in [0.5, 0.6) is 0 Å². The maximum absolute atomic E-state index is 13.8. The van der Waals surface area contributed by atoms with Crippen molar-refractivity contribution in [2.75, 3.05) is 18.0 Å². The molecular weight excluding hydrogens is 360 g/mol. The first-order chi connectivity index (χ1) is 13.8. The third kappa shape index (κ3) is 3.39. The molecule has 29 heavy (non-hydrogen) atoms. The summed E-state index contributed by atoms with van der Waals surface area (Å²) in [4.78, 5) is 18.3. The lowest BCUT2D eigenvalue weighted by Crippen LogP contribution is -2.60. The van der Waals surface area contributed by atoms with Gasteiger partial charge in [-0.1, -0.05) is 17.7 Å². The Hall–Kier alpha value is -2.14. The van der Waals surface area contributed by atoms with E-state index in [0.29, 0.717) is 6.04 Å². The van der Waals surface area contributed by atoms with Crippen LogP contribution in [0.15, 0.2) is 24.3 Å². The SMILES string of the molecule is Cc1ccc(N2CCCC3(CCCN3Cc3c(C)nn(C(C)C)c3C)C2=O)cc1. The Labute approximate surface area is 174 Å². The fraction of sp³-hybridized carbons (Fsp3) is 0.583. The van der Waals surface area contributed by atoms with Crippen molar-refractivity contribution in [2.24, 2.45) is 0 Å². The van der Waals surface area contributed by atoms with Gasteiger partial charge in [-0.25, -0.2) is 0 Å². The molecule has 0 radical (unpaired) electrons. The van der Waals surface area contributed by atoms with Gasteiger partial charge in [-0.3, -0.25) is 14.4 Å². The largest absolute Gasteiger partial charge is 0.311 e. The minimum absolute atomic E-state index is 0.289. The molecule has 5 nitrogen and oxygen atoms in total. The molecule has 1 spiro atoms. The van der Waals surface area contributed by atoms with Crippen LogP contribution in [0, 0.1) is 20.8 Å². The quantitative estimate of drug-likeness (QED) is 0.764. The van der Waals surface area contributed by atoms with Gasteiger partial charge in [0.25, 0.3) is 0 Å². The van der Waals surface area contributed by atoms with Gasteiger partial charge >= 0.3 is 0 Å². The number of anilines is 1. The Morgan fingerprint density at radius 2 is 1.69 bits per heavy atom. The van der Waals surface area contributed by atoms with Gasteiger partial charge in [0.05, 0.1) is 5.69 Å². The van der Waals surface area contributed by atoms with E-state index in [1.54, 1.807) is 0 Å². The molecule has 2 aliphatic heterocycles. The molecule has 0 N–H and O–H groups in total. The number of amides is 1. The van der Waals surface area contributed by atoms with Gasteiger partial charge in [0.2, 0.25) is 5.91 Å². The van der Waals surface area contributed by atoms with E-state index in [1.165, 1.54) is 16.8 Å². The highest BCUT2D eigenvalue weighted by molar-refractivity contribution is 6.01.